The summed E-state index contributed by atoms with van der Waals surface area (Å²) in [6.45, 7) is 9.20. The minimum atomic E-state index is -1.09. The standard InChI is InChI=1S/C22H25NO6/c1-6-10(2)20(21(25)26)23-19(24)8-16-12(4)15-7-14-11(3)13(5)28-17(14)9-18(15)29-22(16)27/h7,9-10,20H,6,8H2,1-5H3,(H,23,24)(H,25,26)/t10-,20+/m0/s1. The molecule has 0 saturated heterocycles. The predicted octanol–water partition coefficient (Wildman–Crippen LogP) is 3.62. The van der Waals surface area contributed by atoms with Gasteiger partial charge in [-0.1, -0.05) is 20.3 Å². The third-order valence-electron chi connectivity index (χ3n) is 5.72. The van der Waals surface area contributed by atoms with Crippen molar-refractivity contribution in [2.24, 2.45) is 5.92 Å². The Morgan fingerprint density at radius 2 is 1.69 bits per heavy atom. The summed E-state index contributed by atoms with van der Waals surface area (Å²) in [6, 6.07) is 2.58. The van der Waals surface area contributed by atoms with E-state index in [0.29, 0.717) is 23.2 Å². The first-order chi connectivity index (χ1) is 13.6. The average Bonchev–Trinajstić information content (AvgIpc) is 2.94. The third kappa shape index (κ3) is 3.77. The Morgan fingerprint density at radius 3 is 2.31 bits per heavy atom. The largest absolute Gasteiger partial charge is 0.480 e. The highest BCUT2D eigenvalue weighted by molar-refractivity contribution is 5.97. The second-order valence-corrected chi connectivity index (χ2v) is 7.57. The van der Waals surface area contributed by atoms with Crippen LogP contribution in [0.15, 0.2) is 25.8 Å². The lowest BCUT2D eigenvalue weighted by Crippen LogP contribution is -2.45. The van der Waals surface area contributed by atoms with Gasteiger partial charge in [0.2, 0.25) is 5.91 Å². The SMILES string of the molecule is CC[C@H](C)[C@@H](NC(=O)Cc1c(C)c2cc3c(C)c(C)oc3cc2oc1=O)C(=O)O. The zero-order valence-electron chi connectivity index (χ0n) is 17.2. The summed E-state index contributed by atoms with van der Waals surface area (Å²) in [5, 5.41) is 13.5. The molecule has 2 N–H and O–H groups in total. The van der Waals surface area contributed by atoms with Crippen LogP contribution in [0.3, 0.4) is 0 Å². The Balaban J connectivity index is 2.00. The zero-order chi connectivity index (χ0) is 21.5. The topological polar surface area (TPSA) is 110 Å². The highest BCUT2D eigenvalue weighted by atomic mass is 16.4. The maximum atomic E-state index is 12.5. The van der Waals surface area contributed by atoms with Gasteiger partial charge < -0.3 is 19.3 Å². The molecule has 3 rings (SSSR count). The number of hydrogen-bond donors (Lipinski definition) is 2. The van der Waals surface area contributed by atoms with E-state index in [4.69, 9.17) is 8.83 Å². The number of hydrogen-bond acceptors (Lipinski definition) is 5. The molecule has 1 amide bonds. The number of aryl methyl sites for hydroxylation is 3. The second-order valence-electron chi connectivity index (χ2n) is 7.57. The number of nitrogens with one attached hydrogen (secondary N) is 1. The smallest absolute Gasteiger partial charge is 0.340 e. The van der Waals surface area contributed by atoms with Crippen LogP contribution in [0.2, 0.25) is 0 Å². The van der Waals surface area contributed by atoms with E-state index in [2.05, 4.69) is 5.32 Å². The molecule has 2 aromatic heterocycles. The summed E-state index contributed by atoms with van der Waals surface area (Å²) < 4.78 is 11.1. The van der Waals surface area contributed by atoms with Gasteiger partial charge in [0.15, 0.2) is 0 Å². The molecule has 154 valence electrons. The highest BCUT2D eigenvalue weighted by Crippen LogP contribution is 2.31. The van der Waals surface area contributed by atoms with Gasteiger partial charge in [-0.15, -0.1) is 0 Å². The van der Waals surface area contributed by atoms with Crippen molar-refractivity contribution in [2.75, 3.05) is 0 Å². The van der Waals surface area contributed by atoms with Crippen LogP contribution in [-0.2, 0) is 16.0 Å². The molecule has 3 aromatic rings. The third-order valence-corrected chi connectivity index (χ3v) is 5.72. The molecule has 0 aliphatic heterocycles. The summed E-state index contributed by atoms with van der Waals surface area (Å²) >= 11 is 0. The summed E-state index contributed by atoms with van der Waals surface area (Å²) in [5.74, 6) is -1.06. The normalized spacial score (nSPS) is 13.6. The van der Waals surface area contributed by atoms with Crippen LogP contribution in [0.4, 0.5) is 0 Å². The minimum absolute atomic E-state index is 0.223. The number of rotatable bonds is 6. The monoisotopic (exact) mass is 399 g/mol. The van der Waals surface area contributed by atoms with Crippen molar-refractivity contribution in [1.29, 1.82) is 0 Å². The maximum absolute atomic E-state index is 12.5. The lowest BCUT2D eigenvalue weighted by molar-refractivity contribution is -0.143. The first-order valence-electron chi connectivity index (χ1n) is 9.62. The molecule has 29 heavy (non-hydrogen) atoms. The van der Waals surface area contributed by atoms with E-state index in [0.717, 1.165) is 22.1 Å². The number of aliphatic carboxylic acids is 1. The van der Waals surface area contributed by atoms with Crippen molar-refractivity contribution >= 4 is 33.8 Å². The van der Waals surface area contributed by atoms with Crippen LogP contribution in [0.25, 0.3) is 21.9 Å². The van der Waals surface area contributed by atoms with Gasteiger partial charge in [-0.05, 0) is 43.9 Å². The first-order valence-corrected chi connectivity index (χ1v) is 9.62. The van der Waals surface area contributed by atoms with Crippen molar-refractivity contribution in [2.45, 2.75) is 53.5 Å². The molecule has 0 fully saturated rings. The Bertz CT molecular complexity index is 1170. The van der Waals surface area contributed by atoms with Gasteiger partial charge in [0.05, 0.1) is 12.0 Å². The lowest BCUT2D eigenvalue weighted by atomic mass is 9.98. The summed E-state index contributed by atoms with van der Waals surface area (Å²) in [4.78, 5) is 36.5. The van der Waals surface area contributed by atoms with Gasteiger partial charge in [0.1, 0.15) is 23.0 Å². The summed E-state index contributed by atoms with van der Waals surface area (Å²) in [6.07, 6.45) is 0.361. The van der Waals surface area contributed by atoms with E-state index in [-0.39, 0.29) is 17.9 Å². The molecule has 2 atom stereocenters. The number of carbonyl (C=O) groups is 2. The van der Waals surface area contributed by atoms with Gasteiger partial charge in [0.25, 0.3) is 0 Å². The number of amides is 1. The number of furan rings is 1. The van der Waals surface area contributed by atoms with Crippen molar-refractivity contribution in [3.63, 3.8) is 0 Å². The molecule has 0 saturated carbocycles. The van der Waals surface area contributed by atoms with Gasteiger partial charge in [0, 0.05) is 16.8 Å². The molecule has 1 aromatic carbocycles. The summed E-state index contributed by atoms with van der Waals surface area (Å²) in [5.41, 5.74) is 2.28. The number of carboxylic acids is 1. The highest BCUT2D eigenvalue weighted by Gasteiger charge is 2.26. The molecule has 0 spiro atoms. The van der Waals surface area contributed by atoms with Gasteiger partial charge in [-0.3, -0.25) is 4.79 Å². The van der Waals surface area contributed by atoms with Crippen LogP contribution in [0.1, 0.15) is 42.7 Å². The van der Waals surface area contributed by atoms with Crippen LogP contribution >= 0.6 is 0 Å². The Morgan fingerprint density at radius 1 is 1.07 bits per heavy atom. The van der Waals surface area contributed by atoms with Crippen molar-refractivity contribution in [3.8, 4) is 0 Å². The van der Waals surface area contributed by atoms with E-state index in [9.17, 15) is 19.5 Å². The van der Waals surface area contributed by atoms with Crippen molar-refractivity contribution in [3.05, 3.63) is 45.0 Å². The van der Waals surface area contributed by atoms with Crippen LogP contribution in [-0.4, -0.2) is 23.0 Å². The fraction of sp³-hybridized carbons (Fsp3) is 0.409. The van der Waals surface area contributed by atoms with E-state index in [1.165, 1.54) is 0 Å². The molecule has 7 heteroatoms. The number of carboxylic acid groups (broad SMARTS) is 1. The lowest BCUT2D eigenvalue weighted by Gasteiger charge is -2.20. The molecular formula is C22H25NO6. The van der Waals surface area contributed by atoms with E-state index in [1.54, 1.807) is 19.9 Å². The van der Waals surface area contributed by atoms with E-state index < -0.39 is 23.5 Å². The van der Waals surface area contributed by atoms with E-state index >= 15 is 0 Å². The molecule has 0 aliphatic carbocycles. The Labute approximate surface area is 167 Å². The molecule has 0 unspecified atom stereocenters. The van der Waals surface area contributed by atoms with Crippen LogP contribution < -0.4 is 10.9 Å². The minimum Gasteiger partial charge on any atom is -0.480 e. The molecule has 0 radical (unpaired) electrons. The molecule has 0 aliphatic rings. The number of benzene rings is 1. The number of fused-ring (bicyclic) bond motifs is 2. The first kappa shape index (κ1) is 20.6. The van der Waals surface area contributed by atoms with Gasteiger partial charge in [-0.25, -0.2) is 9.59 Å². The fourth-order valence-electron chi connectivity index (χ4n) is 3.50. The number of carbonyl (C=O) groups excluding carboxylic acids is 1. The fourth-order valence-corrected chi connectivity index (χ4v) is 3.50. The predicted molar refractivity (Wildman–Crippen MR) is 109 cm³/mol. The van der Waals surface area contributed by atoms with Gasteiger partial charge >= 0.3 is 11.6 Å². The Hall–Kier alpha value is -3.09. The average molecular weight is 399 g/mol. The second kappa shape index (κ2) is 7.73. The maximum Gasteiger partial charge on any atom is 0.340 e. The van der Waals surface area contributed by atoms with Crippen LogP contribution in [0.5, 0.6) is 0 Å². The van der Waals surface area contributed by atoms with Crippen LogP contribution in [0, 0.1) is 26.7 Å². The van der Waals surface area contributed by atoms with Gasteiger partial charge in [-0.2, -0.15) is 0 Å². The molecule has 0 bridgehead atoms. The summed E-state index contributed by atoms with van der Waals surface area (Å²) in [7, 11) is 0. The van der Waals surface area contributed by atoms with Crippen molar-refractivity contribution in [1.82, 2.24) is 5.32 Å². The molecule has 7 nitrogen and oxygen atoms in total. The molecule has 2 heterocycles. The quantitative estimate of drug-likeness (QED) is 0.613. The molecular weight excluding hydrogens is 374 g/mol. The van der Waals surface area contributed by atoms with Crippen molar-refractivity contribution < 1.29 is 23.5 Å². The zero-order valence-corrected chi connectivity index (χ0v) is 17.2. The van der Waals surface area contributed by atoms with E-state index in [1.807, 2.05) is 26.8 Å². The Kier molecular flexibility index (Phi) is 5.50.